The van der Waals surface area contributed by atoms with Crippen LogP contribution in [0.25, 0.3) is 11.0 Å². The standard InChI is InChI=1S/C18H15ClN4OS/c19-14-4-1-2-5-15(14)23-10-3-11-25-18(23)22-17(24)13-7-9-21-16-12(13)6-8-20-16/h1-2,4-9H,3,10-11H2,(H,20,21)/b22-18-. The number of pyridine rings is 1. The molecule has 0 saturated carbocycles. The fourth-order valence-corrected chi connectivity index (χ4v) is 4.03. The van der Waals surface area contributed by atoms with Crippen molar-refractivity contribution in [1.29, 1.82) is 0 Å². The van der Waals surface area contributed by atoms with E-state index in [1.54, 1.807) is 30.2 Å². The first-order valence-corrected chi connectivity index (χ1v) is 9.30. The van der Waals surface area contributed by atoms with E-state index >= 15 is 0 Å². The summed E-state index contributed by atoms with van der Waals surface area (Å²) in [6.07, 6.45) is 4.40. The van der Waals surface area contributed by atoms with E-state index in [9.17, 15) is 4.79 Å². The van der Waals surface area contributed by atoms with Crippen LogP contribution in [0.4, 0.5) is 5.69 Å². The SMILES string of the molecule is O=C(/N=C1\SCCCN1c1ccccc1Cl)c1ccnc2[nH]ccc12. The maximum absolute atomic E-state index is 12.8. The van der Waals surface area contributed by atoms with Gasteiger partial charge in [0.15, 0.2) is 5.17 Å². The zero-order valence-corrected chi connectivity index (χ0v) is 14.8. The smallest absolute Gasteiger partial charge is 0.280 e. The van der Waals surface area contributed by atoms with Crippen LogP contribution in [0.5, 0.6) is 0 Å². The Kier molecular flexibility index (Phi) is 4.46. The van der Waals surface area contributed by atoms with Crippen molar-refractivity contribution < 1.29 is 4.79 Å². The molecule has 0 spiro atoms. The summed E-state index contributed by atoms with van der Waals surface area (Å²) in [6, 6.07) is 11.2. The van der Waals surface area contributed by atoms with E-state index in [0.29, 0.717) is 21.4 Å². The fourth-order valence-electron chi connectivity index (χ4n) is 2.84. The molecule has 1 aliphatic rings. The summed E-state index contributed by atoms with van der Waals surface area (Å²) in [5, 5.41) is 2.12. The maximum atomic E-state index is 12.8. The van der Waals surface area contributed by atoms with E-state index in [0.717, 1.165) is 29.8 Å². The average molecular weight is 371 g/mol. The van der Waals surface area contributed by atoms with Crippen LogP contribution >= 0.6 is 23.4 Å². The average Bonchev–Trinajstić information content (AvgIpc) is 3.11. The van der Waals surface area contributed by atoms with Gasteiger partial charge in [0.25, 0.3) is 5.91 Å². The van der Waals surface area contributed by atoms with E-state index in [4.69, 9.17) is 11.6 Å². The molecule has 3 heterocycles. The van der Waals surface area contributed by atoms with E-state index in [1.165, 1.54) is 0 Å². The first-order chi connectivity index (χ1) is 12.2. The Bertz CT molecular complexity index is 968. The molecule has 0 unspecified atom stereocenters. The predicted octanol–water partition coefficient (Wildman–Crippen LogP) is 4.36. The van der Waals surface area contributed by atoms with Crippen LogP contribution in [-0.4, -0.2) is 33.3 Å². The predicted molar refractivity (Wildman–Crippen MR) is 104 cm³/mol. The van der Waals surface area contributed by atoms with Crippen LogP contribution in [0, 0.1) is 0 Å². The molecule has 1 fully saturated rings. The molecule has 7 heteroatoms. The lowest BCUT2D eigenvalue weighted by Crippen LogP contribution is -2.34. The summed E-state index contributed by atoms with van der Waals surface area (Å²) in [4.78, 5) is 26.4. The molecule has 0 aliphatic carbocycles. The first-order valence-electron chi connectivity index (χ1n) is 7.94. The Morgan fingerprint density at radius 1 is 1.28 bits per heavy atom. The number of nitrogens with zero attached hydrogens (tertiary/aromatic N) is 3. The van der Waals surface area contributed by atoms with Crippen molar-refractivity contribution in [1.82, 2.24) is 9.97 Å². The van der Waals surface area contributed by atoms with Gasteiger partial charge in [0.2, 0.25) is 0 Å². The minimum absolute atomic E-state index is 0.270. The van der Waals surface area contributed by atoms with Gasteiger partial charge in [-0.1, -0.05) is 35.5 Å². The highest BCUT2D eigenvalue weighted by atomic mass is 35.5. The van der Waals surface area contributed by atoms with Gasteiger partial charge in [-0.3, -0.25) is 4.79 Å². The normalized spacial score (nSPS) is 16.5. The van der Waals surface area contributed by atoms with E-state index in [2.05, 4.69) is 15.0 Å². The van der Waals surface area contributed by atoms with Crippen molar-refractivity contribution in [2.45, 2.75) is 6.42 Å². The van der Waals surface area contributed by atoms with Crippen LogP contribution in [-0.2, 0) is 0 Å². The zero-order chi connectivity index (χ0) is 17.2. The van der Waals surface area contributed by atoms with Crippen molar-refractivity contribution in [3.05, 3.63) is 59.4 Å². The van der Waals surface area contributed by atoms with Gasteiger partial charge in [0.1, 0.15) is 5.65 Å². The molecule has 5 nitrogen and oxygen atoms in total. The van der Waals surface area contributed by atoms with Crippen molar-refractivity contribution in [3.8, 4) is 0 Å². The number of halogens is 1. The Balaban J connectivity index is 1.72. The molecule has 126 valence electrons. The van der Waals surface area contributed by atoms with Gasteiger partial charge in [-0.25, -0.2) is 4.98 Å². The second-order valence-corrected chi connectivity index (χ2v) is 7.07. The molecular formula is C18H15ClN4OS. The van der Waals surface area contributed by atoms with Gasteiger partial charge in [-0.05, 0) is 30.7 Å². The number of benzene rings is 1. The van der Waals surface area contributed by atoms with E-state index in [1.807, 2.05) is 35.2 Å². The highest BCUT2D eigenvalue weighted by Crippen LogP contribution is 2.31. The maximum Gasteiger partial charge on any atom is 0.280 e. The highest BCUT2D eigenvalue weighted by Gasteiger charge is 2.22. The largest absolute Gasteiger partial charge is 0.346 e. The summed E-state index contributed by atoms with van der Waals surface area (Å²) in [6.45, 7) is 0.790. The van der Waals surface area contributed by atoms with Crippen LogP contribution in [0.3, 0.4) is 0 Å². The van der Waals surface area contributed by atoms with E-state index in [-0.39, 0.29) is 5.91 Å². The number of fused-ring (bicyclic) bond motifs is 1. The lowest BCUT2D eigenvalue weighted by Gasteiger charge is -2.30. The fraction of sp³-hybridized carbons (Fsp3) is 0.167. The summed E-state index contributed by atoms with van der Waals surface area (Å²) in [5.74, 6) is 0.664. The number of rotatable bonds is 2. The molecule has 0 atom stereocenters. The number of carbonyl (C=O) groups excluding carboxylic acids is 1. The number of thioether (sulfide) groups is 1. The van der Waals surface area contributed by atoms with Crippen LogP contribution < -0.4 is 4.90 Å². The molecule has 1 aromatic carbocycles. The summed E-state index contributed by atoms with van der Waals surface area (Å²) >= 11 is 7.91. The number of hydrogen-bond acceptors (Lipinski definition) is 3. The van der Waals surface area contributed by atoms with Crippen molar-refractivity contribution in [3.63, 3.8) is 0 Å². The van der Waals surface area contributed by atoms with Crippen molar-refractivity contribution >= 4 is 51.2 Å². The van der Waals surface area contributed by atoms with Gasteiger partial charge < -0.3 is 9.88 Å². The quantitative estimate of drug-likeness (QED) is 0.728. The number of anilines is 1. The monoisotopic (exact) mass is 370 g/mol. The minimum Gasteiger partial charge on any atom is -0.346 e. The Morgan fingerprint density at radius 2 is 2.16 bits per heavy atom. The molecule has 4 rings (SSSR count). The van der Waals surface area contributed by atoms with Crippen LogP contribution in [0.2, 0.25) is 5.02 Å². The molecule has 1 amide bonds. The van der Waals surface area contributed by atoms with Gasteiger partial charge in [0, 0.05) is 30.1 Å². The van der Waals surface area contributed by atoms with Crippen LogP contribution in [0.1, 0.15) is 16.8 Å². The molecule has 25 heavy (non-hydrogen) atoms. The minimum atomic E-state index is -0.270. The number of hydrogen-bond donors (Lipinski definition) is 1. The number of aromatic nitrogens is 2. The van der Waals surface area contributed by atoms with Gasteiger partial charge in [-0.2, -0.15) is 4.99 Å². The summed E-state index contributed by atoms with van der Waals surface area (Å²) in [7, 11) is 0. The molecule has 0 bridgehead atoms. The Labute approximate surface area is 154 Å². The van der Waals surface area contributed by atoms with E-state index < -0.39 is 0 Å². The third-order valence-corrected chi connectivity index (χ3v) is 5.40. The summed E-state index contributed by atoms with van der Waals surface area (Å²) in [5.41, 5.74) is 2.11. The first kappa shape index (κ1) is 16.2. The van der Waals surface area contributed by atoms with Crippen molar-refractivity contribution in [2.75, 3.05) is 17.2 Å². The number of amides is 1. The Morgan fingerprint density at radius 3 is 3.04 bits per heavy atom. The van der Waals surface area contributed by atoms with Crippen molar-refractivity contribution in [2.24, 2.45) is 4.99 Å². The number of para-hydroxylation sites is 1. The molecule has 2 aromatic heterocycles. The number of amidine groups is 1. The second-order valence-electron chi connectivity index (χ2n) is 5.60. The third-order valence-electron chi connectivity index (χ3n) is 4.02. The molecule has 3 aromatic rings. The Hall–Kier alpha value is -2.31. The highest BCUT2D eigenvalue weighted by molar-refractivity contribution is 8.14. The molecule has 1 aliphatic heterocycles. The topological polar surface area (TPSA) is 61.4 Å². The van der Waals surface area contributed by atoms with Crippen LogP contribution in [0.15, 0.2) is 53.8 Å². The lowest BCUT2D eigenvalue weighted by molar-refractivity contribution is 0.100. The molecule has 0 radical (unpaired) electrons. The molecule has 1 saturated heterocycles. The number of aliphatic imine (C=N–C) groups is 1. The van der Waals surface area contributed by atoms with Gasteiger partial charge in [-0.15, -0.1) is 0 Å². The second kappa shape index (κ2) is 6.90. The molecular weight excluding hydrogens is 356 g/mol. The number of H-pyrrole nitrogens is 1. The summed E-state index contributed by atoms with van der Waals surface area (Å²) < 4.78 is 0. The zero-order valence-electron chi connectivity index (χ0n) is 13.3. The van der Waals surface area contributed by atoms with Gasteiger partial charge in [0.05, 0.1) is 16.3 Å². The third kappa shape index (κ3) is 3.15. The molecule has 1 N–H and O–H groups in total. The number of nitrogens with one attached hydrogen (secondary N) is 1. The lowest BCUT2D eigenvalue weighted by atomic mass is 10.2. The number of carbonyl (C=O) groups is 1. The van der Waals surface area contributed by atoms with Gasteiger partial charge >= 0.3 is 0 Å². The number of aromatic amines is 1.